The predicted molar refractivity (Wildman–Crippen MR) is 100 cm³/mol. The lowest BCUT2D eigenvalue weighted by molar-refractivity contribution is -0.121. The maximum Gasteiger partial charge on any atom is 0.220 e. The minimum atomic E-state index is 0.0513. The molecular formula is C19H32N2O5. The molecule has 7 heteroatoms. The third-order valence-corrected chi connectivity index (χ3v) is 3.60. The van der Waals surface area contributed by atoms with Crippen LogP contribution in [0.5, 0.6) is 5.75 Å². The molecule has 0 heterocycles. The Hall–Kier alpha value is -1.67. The molecule has 0 atom stereocenters. The minimum Gasteiger partial charge on any atom is -0.497 e. The lowest BCUT2D eigenvalue weighted by Crippen LogP contribution is -2.27. The molecule has 0 aliphatic rings. The molecule has 7 nitrogen and oxygen atoms in total. The van der Waals surface area contributed by atoms with Crippen molar-refractivity contribution in [2.45, 2.75) is 19.3 Å². The molecule has 0 aromatic heterocycles. The molecular weight excluding hydrogens is 336 g/mol. The predicted octanol–water partition coefficient (Wildman–Crippen LogP) is 1.14. The number of methoxy groups -OCH3 is 1. The van der Waals surface area contributed by atoms with Crippen LogP contribution < -0.4 is 15.8 Å². The number of benzene rings is 1. The first-order chi connectivity index (χ1) is 12.8. The van der Waals surface area contributed by atoms with E-state index < -0.39 is 0 Å². The Morgan fingerprint density at radius 2 is 1.58 bits per heavy atom. The molecule has 0 bridgehead atoms. The van der Waals surface area contributed by atoms with Gasteiger partial charge < -0.3 is 30.0 Å². The first-order valence-electron chi connectivity index (χ1n) is 9.09. The van der Waals surface area contributed by atoms with E-state index in [0.717, 1.165) is 18.6 Å². The summed E-state index contributed by atoms with van der Waals surface area (Å²) in [6.45, 7) is 4.18. The number of hydrogen-bond donors (Lipinski definition) is 2. The molecule has 1 aromatic carbocycles. The van der Waals surface area contributed by atoms with E-state index in [9.17, 15) is 4.79 Å². The molecule has 1 amide bonds. The summed E-state index contributed by atoms with van der Waals surface area (Å²) < 4.78 is 21.0. The maximum absolute atomic E-state index is 11.8. The fourth-order valence-corrected chi connectivity index (χ4v) is 2.22. The van der Waals surface area contributed by atoms with Crippen molar-refractivity contribution in [1.82, 2.24) is 5.32 Å². The first kappa shape index (κ1) is 22.4. The van der Waals surface area contributed by atoms with Crippen LogP contribution in [0.15, 0.2) is 24.3 Å². The Bertz CT molecular complexity index is 468. The van der Waals surface area contributed by atoms with Gasteiger partial charge in [0.25, 0.3) is 0 Å². The number of aryl methyl sites for hydroxylation is 1. The summed E-state index contributed by atoms with van der Waals surface area (Å²) in [6.07, 6.45) is 2.21. The van der Waals surface area contributed by atoms with Crippen LogP contribution in [0.1, 0.15) is 18.4 Å². The Balaban J connectivity index is 1.89. The Morgan fingerprint density at radius 1 is 0.962 bits per heavy atom. The van der Waals surface area contributed by atoms with Crippen LogP contribution in [0.2, 0.25) is 0 Å². The Labute approximate surface area is 156 Å². The third kappa shape index (κ3) is 11.8. The van der Waals surface area contributed by atoms with Gasteiger partial charge in [0.2, 0.25) is 5.91 Å². The standard InChI is InChI=1S/C19H32N2O5/c1-23-18-7-5-17(6-8-18)3-2-4-19(22)21-10-12-25-14-16-26-15-13-24-11-9-20/h5-8H,2-4,9-16,20H2,1H3,(H,21,22). The van der Waals surface area contributed by atoms with Gasteiger partial charge in [-0.05, 0) is 30.5 Å². The van der Waals surface area contributed by atoms with E-state index >= 15 is 0 Å². The van der Waals surface area contributed by atoms with Crippen LogP contribution in [0, 0.1) is 0 Å². The van der Waals surface area contributed by atoms with E-state index in [1.807, 2.05) is 24.3 Å². The quantitative estimate of drug-likeness (QED) is 0.425. The van der Waals surface area contributed by atoms with Gasteiger partial charge >= 0.3 is 0 Å². The van der Waals surface area contributed by atoms with Crippen LogP contribution in [0.3, 0.4) is 0 Å². The second kappa shape index (κ2) is 15.6. The monoisotopic (exact) mass is 368 g/mol. The zero-order valence-electron chi connectivity index (χ0n) is 15.7. The van der Waals surface area contributed by atoms with Gasteiger partial charge in [-0.2, -0.15) is 0 Å². The van der Waals surface area contributed by atoms with Crippen LogP contribution in [-0.4, -0.2) is 65.7 Å². The summed E-state index contributed by atoms with van der Waals surface area (Å²) in [5.41, 5.74) is 6.51. The molecule has 0 saturated carbocycles. The molecule has 0 aliphatic heterocycles. The van der Waals surface area contributed by atoms with Gasteiger partial charge in [0.05, 0.1) is 46.8 Å². The average Bonchev–Trinajstić information content (AvgIpc) is 2.66. The number of carbonyl (C=O) groups excluding carboxylic acids is 1. The molecule has 0 spiro atoms. The highest BCUT2D eigenvalue weighted by Crippen LogP contribution is 2.13. The van der Waals surface area contributed by atoms with Gasteiger partial charge in [-0.15, -0.1) is 0 Å². The van der Waals surface area contributed by atoms with E-state index in [1.54, 1.807) is 7.11 Å². The van der Waals surface area contributed by atoms with Crippen molar-refractivity contribution in [3.63, 3.8) is 0 Å². The summed E-state index contributed by atoms with van der Waals surface area (Å²) in [7, 11) is 1.65. The average molecular weight is 368 g/mol. The van der Waals surface area contributed by atoms with E-state index in [4.69, 9.17) is 24.7 Å². The molecule has 26 heavy (non-hydrogen) atoms. The smallest absolute Gasteiger partial charge is 0.220 e. The molecule has 1 aromatic rings. The van der Waals surface area contributed by atoms with Gasteiger partial charge in [-0.3, -0.25) is 4.79 Å². The van der Waals surface area contributed by atoms with Crippen molar-refractivity contribution in [3.8, 4) is 5.75 Å². The fourth-order valence-electron chi connectivity index (χ4n) is 2.22. The molecule has 1 rings (SSSR count). The van der Waals surface area contributed by atoms with Gasteiger partial charge in [-0.1, -0.05) is 12.1 Å². The molecule has 0 radical (unpaired) electrons. The maximum atomic E-state index is 11.8. The second-order valence-corrected chi connectivity index (χ2v) is 5.68. The van der Waals surface area contributed by atoms with Crippen LogP contribution in [0.4, 0.5) is 0 Å². The van der Waals surface area contributed by atoms with Crippen molar-refractivity contribution in [2.24, 2.45) is 5.73 Å². The van der Waals surface area contributed by atoms with E-state index in [0.29, 0.717) is 59.2 Å². The number of carbonyl (C=O) groups is 1. The van der Waals surface area contributed by atoms with Crippen molar-refractivity contribution in [2.75, 3.05) is 59.8 Å². The van der Waals surface area contributed by atoms with Gasteiger partial charge in [-0.25, -0.2) is 0 Å². The van der Waals surface area contributed by atoms with E-state index in [2.05, 4.69) is 5.32 Å². The molecule has 0 fully saturated rings. The number of hydrogen-bond acceptors (Lipinski definition) is 6. The van der Waals surface area contributed by atoms with Crippen molar-refractivity contribution < 1.29 is 23.7 Å². The lowest BCUT2D eigenvalue weighted by Gasteiger charge is -2.08. The van der Waals surface area contributed by atoms with E-state index in [-0.39, 0.29) is 5.91 Å². The van der Waals surface area contributed by atoms with Gasteiger partial charge in [0.15, 0.2) is 0 Å². The number of ether oxygens (including phenoxy) is 4. The van der Waals surface area contributed by atoms with Gasteiger partial charge in [0, 0.05) is 19.5 Å². The lowest BCUT2D eigenvalue weighted by atomic mass is 10.1. The third-order valence-electron chi connectivity index (χ3n) is 3.60. The largest absolute Gasteiger partial charge is 0.497 e. The van der Waals surface area contributed by atoms with Gasteiger partial charge in [0.1, 0.15) is 5.75 Å². The van der Waals surface area contributed by atoms with Crippen molar-refractivity contribution in [3.05, 3.63) is 29.8 Å². The van der Waals surface area contributed by atoms with Crippen molar-refractivity contribution >= 4 is 5.91 Å². The SMILES string of the molecule is COc1ccc(CCCC(=O)NCCOCCOCCOCCN)cc1. The Kier molecular flexibility index (Phi) is 13.4. The van der Waals surface area contributed by atoms with Crippen LogP contribution >= 0.6 is 0 Å². The highest BCUT2D eigenvalue weighted by molar-refractivity contribution is 5.75. The highest BCUT2D eigenvalue weighted by atomic mass is 16.5. The van der Waals surface area contributed by atoms with Crippen molar-refractivity contribution in [1.29, 1.82) is 0 Å². The number of rotatable bonds is 16. The number of nitrogens with two attached hydrogens (primary N) is 1. The molecule has 0 unspecified atom stereocenters. The highest BCUT2D eigenvalue weighted by Gasteiger charge is 2.02. The molecule has 0 saturated heterocycles. The minimum absolute atomic E-state index is 0.0513. The van der Waals surface area contributed by atoms with Crippen LogP contribution in [-0.2, 0) is 25.4 Å². The molecule has 3 N–H and O–H groups in total. The van der Waals surface area contributed by atoms with Crippen LogP contribution in [0.25, 0.3) is 0 Å². The van der Waals surface area contributed by atoms with E-state index in [1.165, 1.54) is 5.56 Å². The zero-order valence-corrected chi connectivity index (χ0v) is 15.7. The summed E-state index contributed by atoms with van der Waals surface area (Å²) in [6, 6.07) is 7.92. The first-order valence-corrected chi connectivity index (χ1v) is 9.09. The second-order valence-electron chi connectivity index (χ2n) is 5.68. The number of amides is 1. The summed E-state index contributed by atoms with van der Waals surface area (Å²) >= 11 is 0. The summed E-state index contributed by atoms with van der Waals surface area (Å²) in [4.78, 5) is 11.8. The molecule has 0 aliphatic carbocycles. The summed E-state index contributed by atoms with van der Waals surface area (Å²) in [5.74, 6) is 0.896. The Morgan fingerprint density at radius 3 is 2.19 bits per heavy atom. The topological polar surface area (TPSA) is 92.0 Å². The summed E-state index contributed by atoms with van der Waals surface area (Å²) in [5, 5.41) is 2.86. The molecule has 148 valence electrons. The zero-order chi connectivity index (χ0) is 18.9. The fraction of sp³-hybridized carbons (Fsp3) is 0.632. The normalized spacial score (nSPS) is 10.7. The number of nitrogens with one attached hydrogen (secondary N) is 1.